The van der Waals surface area contributed by atoms with E-state index in [1.54, 1.807) is 0 Å². The molecule has 5 atom stereocenters. The summed E-state index contributed by atoms with van der Waals surface area (Å²) in [5, 5.41) is 9.34. The summed E-state index contributed by atoms with van der Waals surface area (Å²) in [7, 11) is 0. The van der Waals surface area contributed by atoms with Gasteiger partial charge in [-0.25, -0.2) is 0 Å². The van der Waals surface area contributed by atoms with Crippen LogP contribution in [0.4, 0.5) is 0 Å². The predicted molar refractivity (Wildman–Crippen MR) is 30.9 cm³/mol. The van der Waals surface area contributed by atoms with Gasteiger partial charge in [0.2, 0.25) is 0 Å². The van der Waals surface area contributed by atoms with E-state index in [-0.39, 0.29) is 6.10 Å². The van der Waals surface area contributed by atoms with Crippen molar-refractivity contribution in [2.24, 2.45) is 11.8 Å². The van der Waals surface area contributed by atoms with Gasteiger partial charge in [-0.2, -0.15) is 0 Å². The summed E-state index contributed by atoms with van der Waals surface area (Å²) in [5.74, 6) is 1.23. The zero-order chi connectivity index (χ0) is 6.01. The van der Waals surface area contributed by atoms with Gasteiger partial charge >= 0.3 is 0 Å². The lowest BCUT2D eigenvalue weighted by Crippen LogP contribution is -2.21. The Kier molecular flexibility index (Phi) is 0.616. The third-order valence-electron chi connectivity index (χ3n) is 3.06. The van der Waals surface area contributed by atoms with Gasteiger partial charge in [-0.3, -0.25) is 0 Å². The Bertz CT molecular complexity index is 153. The van der Waals surface area contributed by atoms with Crippen LogP contribution in [0.25, 0.3) is 0 Å². The minimum absolute atomic E-state index is 0.0289. The molecular formula is C7H10O2. The van der Waals surface area contributed by atoms with Crippen LogP contribution in [0.5, 0.6) is 0 Å². The van der Waals surface area contributed by atoms with Gasteiger partial charge in [-0.15, -0.1) is 0 Å². The molecule has 0 amide bonds. The maximum atomic E-state index is 9.34. The van der Waals surface area contributed by atoms with Crippen LogP contribution in [0.1, 0.15) is 12.8 Å². The van der Waals surface area contributed by atoms with Crippen molar-refractivity contribution in [2.75, 3.05) is 0 Å². The molecule has 3 fully saturated rings. The Morgan fingerprint density at radius 1 is 1.22 bits per heavy atom. The van der Waals surface area contributed by atoms with Crippen molar-refractivity contribution in [3.63, 3.8) is 0 Å². The van der Waals surface area contributed by atoms with Gasteiger partial charge in [0, 0.05) is 5.92 Å². The van der Waals surface area contributed by atoms with Crippen LogP contribution in [0.15, 0.2) is 0 Å². The van der Waals surface area contributed by atoms with E-state index in [4.69, 9.17) is 4.74 Å². The fourth-order valence-corrected chi connectivity index (χ4v) is 2.57. The van der Waals surface area contributed by atoms with Crippen LogP contribution in [0.2, 0.25) is 0 Å². The molecule has 2 nitrogen and oxygen atoms in total. The normalized spacial score (nSPS) is 68.3. The van der Waals surface area contributed by atoms with Gasteiger partial charge in [0.1, 0.15) is 0 Å². The Hall–Kier alpha value is -0.0800. The summed E-state index contributed by atoms with van der Waals surface area (Å²) >= 11 is 0. The molecule has 0 aromatic carbocycles. The number of hydrogen-bond acceptors (Lipinski definition) is 2. The second kappa shape index (κ2) is 1.18. The summed E-state index contributed by atoms with van der Waals surface area (Å²) in [6, 6.07) is 0. The largest absolute Gasteiger partial charge is 0.393 e. The molecule has 3 aliphatic rings. The Balaban J connectivity index is 1.96. The van der Waals surface area contributed by atoms with E-state index in [0.29, 0.717) is 18.1 Å². The smallest absolute Gasteiger partial charge is 0.0897 e. The van der Waals surface area contributed by atoms with Crippen LogP contribution in [-0.2, 0) is 4.74 Å². The fraction of sp³-hybridized carbons (Fsp3) is 1.00. The highest BCUT2D eigenvalue weighted by atomic mass is 16.6. The lowest BCUT2D eigenvalue weighted by Gasteiger charge is -2.10. The quantitative estimate of drug-likeness (QED) is 0.469. The van der Waals surface area contributed by atoms with Gasteiger partial charge < -0.3 is 9.84 Å². The van der Waals surface area contributed by atoms with Crippen molar-refractivity contribution in [2.45, 2.75) is 31.2 Å². The van der Waals surface area contributed by atoms with Crippen LogP contribution in [0, 0.1) is 11.8 Å². The Morgan fingerprint density at radius 3 is 2.67 bits per heavy atom. The number of aliphatic hydroxyl groups is 1. The Labute approximate surface area is 53.8 Å². The first-order chi connectivity index (χ1) is 4.36. The number of aliphatic hydroxyl groups excluding tert-OH is 1. The number of epoxide rings is 1. The molecule has 1 aliphatic heterocycles. The van der Waals surface area contributed by atoms with Crippen molar-refractivity contribution in [3.05, 3.63) is 0 Å². The third-order valence-corrected chi connectivity index (χ3v) is 3.06. The first-order valence-corrected chi connectivity index (χ1v) is 3.70. The molecule has 0 unspecified atom stereocenters. The number of hydrogen-bond donors (Lipinski definition) is 1. The Morgan fingerprint density at radius 2 is 2.11 bits per heavy atom. The molecule has 2 heteroatoms. The summed E-state index contributed by atoms with van der Waals surface area (Å²) in [6.07, 6.45) is 3.25. The lowest BCUT2D eigenvalue weighted by atomic mass is 9.98. The summed E-state index contributed by atoms with van der Waals surface area (Å²) in [5.41, 5.74) is 0. The van der Waals surface area contributed by atoms with Crippen LogP contribution < -0.4 is 0 Å². The maximum absolute atomic E-state index is 9.34. The average Bonchev–Trinajstić information content (AvgIpc) is 2.46. The average molecular weight is 126 g/mol. The van der Waals surface area contributed by atoms with Gasteiger partial charge in [0.15, 0.2) is 0 Å². The SMILES string of the molecule is O[C@H]1C[C@H]2C[C@@H]1[C@@H]1O[C@H]21. The highest BCUT2D eigenvalue weighted by Gasteiger charge is 2.62. The molecule has 2 saturated carbocycles. The molecular weight excluding hydrogens is 116 g/mol. The molecule has 1 N–H and O–H groups in total. The highest BCUT2D eigenvalue weighted by molar-refractivity contribution is 5.10. The van der Waals surface area contributed by atoms with Gasteiger partial charge in [-0.05, 0) is 18.8 Å². The van der Waals surface area contributed by atoms with E-state index in [1.807, 2.05) is 0 Å². The number of ether oxygens (including phenoxy) is 1. The second-order valence-electron chi connectivity index (χ2n) is 3.53. The summed E-state index contributed by atoms with van der Waals surface area (Å²) in [6.45, 7) is 0. The van der Waals surface area contributed by atoms with Crippen molar-refractivity contribution in [3.8, 4) is 0 Å². The minimum atomic E-state index is -0.0289. The van der Waals surface area contributed by atoms with Gasteiger partial charge in [0.05, 0.1) is 18.3 Å². The van der Waals surface area contributed by atoms with Crippen molar-refractivity contribution >= 4 is 0 Å². The van der Waals surface area contributed by atoms with Crippen LogP contribution in [-0.4, -0.2) is 23.4 Å². The molecule has 9 heavy (non-hydrogen) atoms. The van der Waals surface area contributed by atoms with E-state index < -0.39 is 0 Å². The van der Waals surface area contributed by atoms with Gasteiger partial charge in [0.25, 0.3) is 0 Å². The summed E-state index contributed by atoms with van der Waals surface area (Å²) < 4.78 is 5.35. The van der Waals surface area contributed by atoms with E-state index in [0.717, 1.165) is 12.3 Å². The summed E-state index contributed by atoms with van der Waals surface area (Å²) in [4.78, 5) is 0. The van der Waals surface area contributed by atoms with Crippen LogP contribution >= 0.6 is 0 Å². The van der Waals surface area contributed by atoms with Gasteiger partial charge in [-0.1, -0.05) is 0 Å². The molecule has 0 radical (unpaired) electrons. The maximum Gasteiger partial charge on any atom is 0.0897 e. The third kappa shape index (κ3) is 0.413. The fourth-order valence-electron chi connectivity index (χ4n) is 2.57. The zero-order valence-corrected chi connectivity index (χ0v) is 5.16. The topological polar surface area (TPSA) is 32.8 Å². The minimum Gasteiger partial charge on any atom is -0.393 e. The van der Waals surface area contributed by atoms with E-state index >= 15 is 0 Å². The van der Waals surface area contributed by atoms with E-state index in [1.165, 1.54) is 6.42 Å². The molecule has 1 saturated heterocycles. The molecule has 1 heterocycles. The molecule has 0 aromatic heterocycles. The van der Waals surface area contributed by atoms with Crippen molar-refractivity contribution < 1.29 is 9.84 Å². The molecule has 2 bridgehead atoms. The second-order valence-corrected chi connectivity index (χ2v) is 3.53. The molecule has 0 aromatic rings. The molecule has 2 aliphatic carbocycles. The standard InChI is InChI=1S/C7H10O2/c8-5-2-3-1-4(5)7-6(3)9-7/h3-8H,1-2H2/t3-,4+,5+,6-,7+/m1/s1. The molecule has 0 spiro atoms. The number of rotatable bonds is 0. The van der Waals surface area contributed by atoms with E-state index in [9.17, 15) is 5.11 Å². The first-order valence-electron chi connectivity index (χ1n) is 3.70. The number of fused-ring (bicyclic) bond motifs is 5. The molecule has 50 valence electrons. The van der Waals surface area contributed by atoms with E-state index in [2.05, 4.69) is 0 Å². The predicted octanol–water partition coefficient (Wildman–Crippen LogP) is 0.154. The highest BCUT2D eigenvalue weighted by Crippen LogP contribution is 2.56. The first kappa shape index (κ1) is 4.69. The molecule has 3 rings (SSSR count). The monoisotopic (exact) mass is 126 g/mol. The van der Waals surface area contributed by atoms with Crippen molar-refractivity contribution in [1.82, 2.24) is 0 Å². The van der Waals surface area contributed by atoms with Crippen LogP contribution in [0.3, 0.4) is 0 Å². The lowest BCUT2D eigenvalue weighted by molar-refractivity contribution is 0.113. The van der Waals surface area contributed by atoms with Crippen molar-refractivity contribution in [1.29, 1.82) is 0 Å². The zero-order valence-electron chi connectivity index (χ0n) is 5.16.